The molecule has 0 aliphatic rings. The predicted octanol–water partition coefficient (Wildman–Crippen LogP) is 3.71. The van der Waals surface area contributed by atoms with E-state index in [2.05, 4.69) is 15.5 Å². The lowest BCUT2D eigenvalue weighted by Crippen LogP contribution is -2.21. The number of fused-ring (bicyclic) bond motifs is 1. The zero-order chi connectivity index (χ0) is 16.6. The van der Waals surface area contributed by atoms with Crippen molar-refractivity contribution in [3.8, 4) is 0 Å². The minimum absolute atomic E-state index is 0.0685. The molecule has 0 amide bonds. The minimum Gasteiger partial charge on any atom is -0.280 e. The molecule has 0 saturated heterocycles. The molecule has 0 aliphatic carbocycles. The van der Waals surface area contributed by atoms with Crippen molar-refractivity contribution in [2.45, 2.75) is 13.8 Å². The summed E-state index contributed by atoms with van der Waals surface area (Å²) >= 11 is 7.36. The van der Waals surface area contributed by atoms with Crippen LogP contribution < -0.4 is 11.0 Å². The summed E-state index contributed by atoms with van der Waals surface area (Å²) in [5.74, 6) is 0.411. The summed E-state index contributed by atoms with van der Waals surface area (Å²) in [6, 6.07) is 7.30. The number of aromatic nitrogens is 2. The molecule has 0 atom stereocenters. The molecule has 23 heavy (non-hydrogen) atoms. The Morgan fingerprint density at radius 3 is 2.70 bits per heavy atom. The lowest BCUT2D eigenvalue weighted by atomic mass is 10.2. The number of halogens is 1. The van der Waals surface area contributed by atoms with Crippen molar-refractivity contribution >= 4 is 45.3 Å². The Morgan fingerprint density at radius 1 is 1.30 bits per heavy atom. The third kappa shape index (κ3) is 3.00. The standard InChI is InChI=1S/C16H15ClN4OS/c1-9-10(2)23-14-13(9)15(22)21(3)16(19-14)20-18-8-11-4-6-12(17)7-5-11/h4-8H,1-3H3,(H,19,20). The van der Waals surface area contributed by atoms with Gasteiger partial charge in [-0.15, -0.1) is 11.3 Å². The highest BCUT2D eigenvalue weighted by Crippen LogP contribution is 2.26. The van der Waals surface area contributed by atoms with Crippen LogP contribution >= 0.6 is 22.9 Å². The predicted molar refractivity (Wildman–Crippen MR) is 97.0 cm³/mol. The number of hydrazone groups is 1. The highest BCUT2D eigenvalue weighted by atomic mass is 35.5. The van der Waals surface area contributed by atoms with Crippen LogP contribution in [0.15, 0.2) is 34.2 Å². The summed E-state index contributed by atoms with van der Waals surface area (Å²) < 4.78 is 1.47. The molecule has 0 fully saturated rings. The number of rotatable bonds is 3. The third-order valence-electron chi connectivity index (χ3n) is 3.66. The van der Waals surface area contributed by atoms with Crippen LogP contribution in [0.25, 0.3) is 10.2 Å². The largest absolute Gasteiger partial charge is 0.280 e. The Balaban J connectivity index is 1.93. The number of nitrogens with one attached hydrogen (secondary N) is 1. The number of anilines is 1. The summed E-state index contributed by atoms with van der Waals surface area (Å²) in [5, 5.41) is 5.50. The molecule has 3 rings (SSSR count). The van der Waals surface area contributed by atoms with Gasteiger partial charge in [-0.1, -0.05) is 23.7 Å². The maximum atomic E-state index is 12.5. The second-order valence-corrected chi connectivity index (χ2v) is 6.82. The van der Waals surface area contributed by atoms with E-state index in [0.717, 1.165) is 20.8 Å². The van der Waals surface area contributed by atoms with Crippen molar-refractivity contribution in [3.63, 3.8) is 0 Å². The van der Waals surface area contributed by atoms with Crippen molar-refractivity contribution in [3.05, 3.63) is 55.6 Å². The quantitative estimate of drug-likeness (QED) is 0.581. The Kier molecular flexibility index (Phi) is 4.19. The van der Waals surface area contributed by atoms with Gasteiger partial charge in [0.1, 0.15) is 4.83 Å². The fraction of sp³-hybridized carbons (Fsp3) is 0.188. The maximum absolute atomic E-state index is 12.5. The van der Waals surface area contributed by atoms with E-state index in [1.54, 1.807) is 25.4 Å². The minimum atomic E-state index is -0.0685. The topological polar surface area (TPSA) is 59.3 Å². The van der Waals surface area contributed by atoms with Crippen molar-refractivity contribution in [1.82, 2.24) is 9.55 Å². The number of hydrogen-bond acceptors (Lipinski definition) is 5. The van der Waals surface area contributed by atoms with Crippen LogP contribution in [-0.4, -0.2) is 15.8 Å². The van der Waals surface area contributed by atoms with E-state index in [1.807, 2.05) is 26.0 Å². The van der Waals surface area contributed by atoms with Gasteiger partial charge in [-0.25, -0.2) is 10.4 Å². The van der Waals surface area contributed by atoms with Crippen molar-refractivity contribution in [2.75, 3.05) is 5.43 Å². The van der Waals surface area contributed by atoms with Gasteiger partial charge in [0, 0.05) is 16.9 Å². The Morgan fingerprint density at radius 2 is 2.00 bits per heavy atom. The number of benzene rings is 1. The highest BCUT2D eigenvalue weighted by molar-refractivity contribution is 7.18. The first-order valence-electron chi connectivity index (χ1n) is 6.98. The second-order valence-electron chi connectivity index (χ2n) is 5.18. The van der Waals surface area contributed by atoms with Gasteiger partial charge in [-0.2, -0.15) is 5.10 Å². The molecule has 5 nitrogen and oxygen atoms in total. The van der Waals surface area contributed by atoms with Crippen LogP contribution in [0.5, 0.6) is 0 Å². The molecule has 0 aliphatic heterocycles. The Hall–Kier alpha value is -2.18. The molecular weight excluding hydrogens is 332 g/mol. The Bertz CT molecular complexity index is 957. The number of nitrogens with zero attached hydrogens (tertiary/aromatic N) is 3. The summed E-state index contributed by atoms with van der Waals surface area (Å²) in [6.45, 7) is 3.94. The van der Waals surface area contributed by atoms with Gasteiger partial charge in [0.15, 0.2) is 0 Å². The molecule has 1 N–H and O–H groups in total. The summed E-state index contributed by atoms with van der Waals surface area (Å²) in [5.41, 5.74) is 4.66. The molecule has 2 aromatic heterocycles. The molecule has 7 heteroatoms. The molecule has 0 bridgehead atoms. The molecule has 0 unspecified atom stereocenters. The smallest absolute Gasteiger partial charge is 0.263 e. The van der Waals surface area contributed by atoms with Gasteiger partial charge in [-0.05, 0) is 37.1 Å². The van der Waals surface area contributed by atoms with Crippen LogP contribution in [0.1, 0.15) is 16.0 Å². The van der Waals surface area contributed by atoms with Gasteiger partial charge >= 0.3 is 0 Å². The molecule has 0 spiro atoms. The molecule has 2 heterocycles. The van der Waals surface area contributed by atoms with Crippen LogP contribution in [0, 0.1) is 13.8 Å². The summed E-state index contributed by atoms with van der Waals surface area (Å²) in [6.07, 6.45) is 1.65. The van der Waals surface area contributed by atoms with E-state index in [4.69, 9.17) is 11.6 Å². The molecule has 1 aromatic carbocycles. The number of thiophene rings is 1. The van der Waals surface area contributed by atoms with Crippen molar-refractivity contribution < 1.29 is 0 Å². The molecular formula is C16H15ClN4OS. The maximum Gasteiger partial charge on any atom is 0.263 e. The van der Waals surface area contributed by atoms with Crippen LogP contribution in [0.4, 0.5) is 5.95 Å². The van der Waals surface area contributed by atoms with E-state index < -0.39 is 0 Å². The van der Waals surface area contributed by atoms with Crippen LogP contribution in [-0.2, 0) is 7.05 Å². The van der Waals surface area contributed by atoms with Gasteiger partial charge in [-0.3, -0.25) is 9.36 Å². The molecule has 118 valence electrons. The van der Waals surface area contributed by atoms with Crippen molar-refractivity contribution in [1.29, 1.82) is 0 Å². The average molecular weight is 347 g/mol. The van der Waals surface area contributed by atoms with E-state index in [1.165, 1.54) is 15.9 Å². The lowest BCUT2D eigenvalue weighted by molar-refractivity contribution is 0.847. The lowest BCUT2D eigenvalue weighted by Gasteiger charge is -2.06. The first-order valence-corrected chi connectivity index (χ1v) is 8.18. The van der Waals surface area contributed by atoms with Crippen LogP contribution in [0.2, 0.25) is 5.02 Å². The fourth-order valence-corrected chi connectivity index (χ4v) is 3.33. The average Bonchev–Trinajstić information content (AvgIpc) is 2.81. The van der Waals surface area contributed by atoms with E-state index in [-0.39, 0.29) is 5.56 Å². The fourth-order valence-electron chi connectivity index (χ4n) is 2.19. The first-order chi connectivity index (χ1) is 11.0. The SMILES string of the molecule is Cc1sc2nc(NN=Cc3ccc(Cl)cc3)n(C)c(=O)c2c1C. The number of hydrogen-bond donors (Lipinski definition) is 1. The van der Waals surface area contributed by atoms with E-state index in [0.29, 0.717) is 16.4 Å². The third-order valence-corrected chi connectivity index (χ3v) is 5.01. The zero-order valence-corrected chi connectivity index (χ0v) is 14.5. The van der Waals surface area contributed by atoms with Gasteiger partial charge in [0.25, 0.3) is 5.56 Å². The molecule has 0 saturated carbocycles. The normalized spacial score (nSPS) is 11.5. The zero-order valence-electron chi connectivity index (χ0n) is 12.9. The number of aryl methyl sites for hydroxylation is 2. The second kappa shape index (κ2) is 6.14. The van der Waals surface area contributed by atoms with Crippen molar-refractivity contribution in [2.24, 2.45) is 12.1 Å². The van der Waals surface area contributed by atoms with E-state index >= 15 is 0 Å². The van der Waals surface area contributed by atoms with E-state index in [9.17, 15) is 4.79 Å². The Labute approximate surface area is 142 Å². The molecule has 3 aromatic rings. The monoisotopic (exact) mass is 346 g/mol. The van der Waals surface area contributed by atoms with Crippen LogP contribution in [0.3, 0.4) is 0 Å². The van der Waals surface area contributed by atoms with Gasteiger partial charge in [0.2, 0.25) is 5.95 Å². The molecule has 0 radical (unpaired) electrons. The van der Waals surface area contributed by atoms with Gasteiger partial charge in [0.05, 0.1) is 11.6 Å². The summed E-state index contributed by atoms with van der Waals surface area (Å²) in [7, 11) is 1.68. The first kappa shape index (κ1) is 15.7. The summed E-state index contributed by atoms with van der Waals surface area (Å²) in [4.78, 5) is 18.8. The van der Waals surface area contributed by atoms with Gasteiger partial charge < -0.3 is 0 Å². The highest BCUT2D eigenvalue weighted by Gasteiger charge is 2.14.